The summed E-state index contributed by atoms with van der Waals surface area (Å²) < 4.78 is 11.2. The van der Waals surface area contributed by atoms with Gasteiger partial charge in [0.1, 0.15) is 17.2 Å². The summed E-state index contributed by atoms with van der Waals surface area (Å²) in [6, 6.07) is 17.9. The minimum absolute atomic E-state index is 0.150. The summed E-state index contributed by atoms with van der Waals surface area (Å²) in [5.41, 5.74) is 7.11. The van der Waals surface area contributed by atoms with E-state index in [1.165, 1.54) is 0 Å². The van der Waals surface area contributed by atoms with Crippen LogP contribution < -0.4 is 25.5 Å². The average molecular weight is 406 g/mol. The first kappa shape index (κ1) is 20.9. The van der Waals surface area contributed by atoms with Crippen LogP contribution >= 0.6 is 0 Å². The molecule has 2 aromatic carbocycles. The van der Waals surface area contributed by atoms with Crippen molar-refractivity contribution in [2.75, 3.05) is 13.2 Å². The zero-order valence-electron chi connectivity index (χ0n) is 16.7. The number of carbonyl (C=O) groups is 2. The number of ether oxygens (including phenoxy) is 2. The van der Waals surface area contributed by atoms with Gasteiger partial charge in [-0.15, -0.1) is 0 Å². The molecule has 0 spiro atoms. The second kappa shape index (κ2) is 10.1. The highest BCUT2D eigenvalue weighted by Gasteiger charge is 2.11. The number of aromatic amines is 1. The molecule has 154 valence electrons. The van der Waals surface area contributed by atoms with Crippen molar-refractivity contribution in [3.05, 3.63) is 83.7 Å². The molecular weight excluding hydrogens is 382 g/mol. The van der Waals surface area contributed by atoms with Crippen molar-refractivity contribution in [2.24, 2.45) is 5.73 Å². The van der Waals surface area contributed by atoms with Crippen molar-refractivity contribution < 1.29 is 24.0 Å². The molecule has 1 aromatic heterocycles. The number of primary amides is 1. The lowest BCUT2D eigenvalue weighted by Gasteiger charge is -2.09. The number of benzene rings is 2. The molecule has 0 aliphatic rings. The molecule has 0 saturated heterocycles. The Hall–Kier alpha value is -3.87. The molecule has 0 aliphatic carbocycles. The van der Waals surface area contributed by atoms with Crippen LogP contribution in [0.4, 0.5) is 0 Å². The van der Waals surface area contributed by atoms with Crippen LogP contribution in [0.3, 0.4) is 0 Å². The van der Waals surface area contributed by atoms with E-state index in [2.05, 4.69) is 10.3 Å². The molecule has 0 unspecified atom stereocenters. The van der Waals surface area contributed by atoms with Crippen molar-refractivity contribution in [2.45, 2.75) is 13.3 Å². The highest BCUT2D eigenvalue weighted by Crippen LogP contribution is 2.22. The lowest BCUT2D eigenvalue weighted by Crippen LogP contribution is -2.25. The average Bonchev–Trinajstić information content (AvgIpc) is 2.74. The van der Waals surface area contributed by atoms with Crippen LogP contribution in [-0.4, -0.2) is 25.0 Å². The minimum Gasteiger partial charge on any atom is -0.494 e. The molecule has 4 N–H and O–H groups in total. The summed E-state index contributed by atoms with van der Waals surface area (Å²) in [6.45, 7) is 2.93. The Bertz CT molecular complexity index is 1040. The van der Waals surface area contributed by atoms with Gasteiger partial charge in [0.15, 0.2) is 6.20 Å². The summed E-state index contributed by atoms with van der Waals surface area (Å²) in [7, 11) is 0. The summed E-state index contributed by atoms with van der Waals surface area (Å²) in [5.74, 6) is 1.10. The van der Waals surface area contributed by atoms with E-state index in [1.807, 2.05) is 37.3 Å². The van der Waals surface area contributed by atoms with Gasteiger partial charge in [-0.3, -0.25) is 9.59 Å². The molecule has 0 radical (unpaired) electrons. The maximum Gasteiger partial charge on any atom is 0.313 e. The third kappa shape index (κ3) is 5.81. The van der Waals surface area contributed by atoms with Crippen LogP contribution in [0.2, 0.25) is 0 Å². The Kier molecular flexibility index (Phi) is 7.00. The second-order valence-corrected chi connectivity index (χ2v) is 6.52. The molecule has 3 rings (SSSR count). The van der Waals surface area contributed by atoms with E-state index in [0.717, 1.165) is 5.56 Å². The third-order valence-corrected chi connectivity index (χ3v) is 4.28. The topological polar surface area (TPSA) is 105 Å². The number of pyridine rings is 1. The van der Waals surface area contributed by atoms with Crippen LogP contribution in [0.5, 0.6) is 17.2 Å². The van der Waals surface area contributed by atoms with E-state index in [-0.39, 0.29) is 11.6 Å². The minimum atomic E-state index is -0.559. The second-order valence-electron chi connectivity index (χ2n) is 6.52. The SMILES string of the molecule is CCOc1cccc(C(=O)NCCc2cccc(Oc3cc[nH+]c(C(N)=O)c3)c2)c1. The summed E-state index contributed by atoms with van der Waals surface area (Å²) in [6.07, 6.45) is 2.23. The van der Waals surface area contributed by atoms with Crippen molar-refractivity contribution in [3.63, 3.8) is 0 Å². The molecule has 30 heavy (non-hydrogen) atoms. The fraction of sp³-hybridized carbons (Fsp3) is 0.174. The predicted octanol–water partition coefficient (Wildman–Crippen LogP) is 2.76. The molecule has 0 saturated carbocycles. The monoisotopic (exact) mass is 406 g/mol. The number of carbonyl (C=O) groups excluding carboxylic acids is 2. The lowest BCUT2D eigenvalue weighted by molar-refractivity contribution is -0.382. The van der Waals surface area contributed by atoms with Crippen LogP contribution in [0.25, 0.3) is 0 Å². The van der Waals surface area contributed by atoms with Crippen LogP contribution in [-0.2, 0) is 6.42 Å². The zero-order chi connectivity index (χ0) is 21.3. The number of rotatable bonds is 9. The van der Waals surface area contributed by atoms with Crippen molar-refractivity contribution in [3.8, 4) is 17.2 Å². The van der Waals surface area contributed by atoms with Crippen molar-refractivity contribution in [1.29, 1.82) is 0 Å². The Morgan fingerprint density at radius 2 is 1.77 bits per heavy atom. The van der Waals surface area contributed by atoms with E-state index < -0.39 is 5.91 Å². The molecule has 0 bridgehead atoms. The smallest absolute Gasteiger partial charge is 0.313 e. The van der Waals surface area contributed by atoms with Crippen LogP contribution in [0.1, 0.15) is 33.3 Å². The Morgan fingerprint density at radius 3 is 2.57 bits per heavy atom. The molecule has 1 heterocycles. The van der Waals surface area contributed by atoms with E-state index in [9.17, 15) is 9.59 Å². The highest BCUT2D eigenvalue weighted by molar-refractivity contribution is 5.94. The maximum absolute atomic E-state index is 12.4. The fourth-order valence-electron chi connectivity index (χ4n) is 2.87. The van der Waals surface area contributed by atoms with Crippen LogP contribution in [0, 0.1) is 0 Å². The summed E-state index contributed by atoms with van der Waals surface area (Å²) in [4.78, 5) is 26.4. The number of H-pyrrole nitrogens is 1. The molecule has 7 heteroatoms. The predicted molar refractivity (Wildman–Crippen MR) is 112 cm³/mol. The molecule has 2 amide bonds. The van der Waals surface area contributed by atoms with E-state index >= 15 is 0 Å². The first-order valence-electron chi connectivity index (χ1n) is 9.64. The van der Waals surface area contributed by atoms with Gasteiger partial charge in [0.05, 0.1) is 12.7 Å². The lowest BCUT2D eigenvalue weighted by atomic mass is 10.1. The molecule has 0 aliphatic heterocycles. The van der Waals surface area contributed by atoms with Crippen molar-refractivity contribution >= 4 is 11.8 Å². The van der Waals surface area contributed by atoms with Gasteiger partial charge in [0.25, 0.3) is 11.6 Å². The molecule has 0 fully saturated rings. The van der Waals surface area contributed by atoms with Gasteiger partial charge < -0.3 is 20.5 Å². The highest BCUT2D eigenvalue weighted by atomic mass is 16.5. The first-order valence-corrected chi connectivity index (χ1v) is 9.64. The van der Waals surface area contributed by atoms with E-state index in [4.69, 9.17) is 15.2 Å². The number of amides is 2. The Labute approximate surface area is 174 Å². The first-order chi connectivity index (χ1) is 14.5. The van der Waals surface area contributed by atoms with E-state index in [0.29, 0.717) is 42.4 Å². The normalized spacial score (nSPS) is 10.3. The number of aromatic nitrogens is 1. The molecular formula is C23H24N3O4+. The largest absolute Gasteiger partial charge is 0.494 e. The standard InChI is InChI=1S/C23H23N3O4/c1-2-29-18-7-4-6-17(14-18)23(28)26-11-9-16-5-3-8-19(13-16)30-20-10-12-25-21(15-20)22(24)27/h3-8,10,12-15H,2,9,11H2,1H3,(H2,24,27)(H,26,28)/p+1. The van der Waals surface area contributed by atoms with Gasteiger partial charge in [-0.1, -0.05) is 18.2 Å². The van der Waals surface area contributed by atoms with E-state index in [1.54, 1.807) is 36.5 Å². The third-order valence-electron chi connectivity index (χ3n) is 4.28. The number of hydrogen-bond donors (Lipinski definition) is 2. The van der Waals surface area contributed by atoms with Gasteiger partial charge in [-0.25, -0.2) is 4.98 Å². The van der Waals surface area contributed by atoms with Crippen molar-refractivity contribution in [1.82, 2.24) is 5.32 Å². The molecule has 0 atom stereocenters. The fourth-order valence-corrected chi connectivity index (χ4v) is 2.87. The summed E-state index contributed by atoms with van der Waals surface area (Å²) >= 11 is 0. The molecule has 3 aromatic rings. The Morgan fingerprint density at radius 1 is 1.00 bits per heavy atom. The van der Waals surface area contributed by atoms with Gasteiger partial charge in [0.2, 0.25) is 0 Å². The van der Waals surface area contributed by atoms with Gasteiger partial charge in [-0.2, -0.15) is 0 Å². The zero-order valence-corrected chi connectivity index (χ0v) is 16.7. The van der Waals surface area contributed by atoms with Crippen LogP contribution in [0.15, 0.2) is 66.9 Å². The molecule has 7 nitrogen and oxygen atoms in total. The Balaban J connectivity index is 1.56. The number of nitrogens with one attached hydrogen (secondary N) is 2. The van der Waals surface area contributed by atoms with Gasteiger partial charge in [0, 0.05) is 18.2 Å². The van der Waals surface area contributed by atoms with Gasteiger partial charge in [-0.05, 0) is 49.2 Å². The quantitative estimate of drug-likeness (QED) is 0.570. The maximum atomic E-state index is 12.4. The number of hydrogen-bond acceptors (Lipinski definition) is 4. The summed E-state index contributed by atoms with van der Waals surface area (Å²) in [5, 5.41) is 2.92. The van der Waals surface area contributed by atoms with Gasteiger partial charge >= 0.3 is 5.91 Å². The number of nitrogens with two attached hydrogens (primary N) is 1.